The normalized spacial score (nSPS) is 25.3. The highest BCUT2D eigenvalue weighted by molar-refractivity contribution is 4.90. The first-order valence-corrected chi connectivity index (χ1v) is 6.50. The molecule has 1 fully saturated rings. The van der Waals surface area contributed by atoms with Crippen molar-refractivity contribution in [1.29, 1.82) is 0 Å². The molecule has 3 heteroatoms. The number of nitrogens with zero attached hydrogens (tertiary/aromatic N) is 1. The van der Waals surface area contributed by atoms with Crippen LogP contribution in [0.25, 0.3) is 0 Å². The van der Waals surface area contributed by atoms with Gasteiger partial charge in [0.05, 0.1) is 6.61 Å². The highest BCUT2D eigenvalue weighted by Gasteiger charge is 2.34. The number of nitrogens with two attached hydrogens (primary N) is 1. The van der Waals surface area contributed by atoms with Gasteiger partial charge in [-0.05, 0) is 39.2 Å². The third kappa shape index (κ3) is 3.44. The Hall–Kier alpha value is -0.120. The van der Waals surface area contributed by atoms with Crippen LogP contribution in [0.15, 0.2) is 0 Å². The second-order valence-electron chi connectivity index (χ2n) is 5.76. The first kappa shape index (κ1) is 13.9. The van der Waals surface area contributed by atoms with Gasteiger partial charge in [-0.25, -0.2) is 0 Å². The Labute approximate surface area is 100 Å². The Balaban J connectivity index is 2.54. The van der Waals surface area contributed by atoms with Crippen LogP contribution in [0.3, 0.4) is 0 Å². The number of likely N-dealkylation sites (N-methyl/N-ethyl adjacent to an activating group) is 1. The fourth-order valence-electron chi connectivity index (χ4n) is 2.29. The van der Waals surface area contributed by atoms with Crippen LogP contribution in [-0.4, -0.2) is 43.3 Å². The van der Waals surface area contributed by atoms with Crippen molar-refractivity contribution in [2.75, 3.05) is 26.8 Å². The van der Waals surface area contributed by atoms with Gasteiger partial charge in [-0.15, -0.1) is 0 Å². The zero-order chi connectivity index (χ0) is 12.2. The molecule has 16 heavy (non-hydrogen) atoms. The van der Waals surface area contributed by atoms with Gasteiger partial charge in [-0.3, -0.25) is 4.90 Å². The van der Waals surface area contributed by atoms with Gasteiger partial charge in [0.1, 0.15) is 0 Å². The van der Waals surface area contributed by atoms with E-state index in [0.717, 1.165) is 32.1 Å². The molecular weight excluding hydrogens is 200 g/mol. The van der Waals surface area contributed by atoms with E-state index in [4.69, 9.17) is 10.5 Å². The van der Waals surface area contributed by atoms with Crippen molar-refractivity contribution in [1.82, 2.24) is 4.90 Å². The van der Waals surface area contributed by atoms with Gasteiger partial charge in [-0.2, -0.15) is 0 Å². The van der Waals surface area contributed by atoms with Crippen LogP contribution in [0.2, 0.25) is 0 Å². The maximum atomic E-state index is 5.98. The smallest absolute Gasteiger partial charge is 0.0622 e. The summed E-state index contributed by atoms with van der Waals surface area (Å²) >= 11 is 0. The minimum atomic E-state index is 0.128. The van der Waals surface area contributed by atoms with E-state index in [9.17, 15) is 0 Å². The summed E-state index contributed by atoms with van der Waals surface area (Å²) in [6.07, 6.45) is 3.56. The molecule has 1 rings (SSSR count). The highest BCUT2D eigenvalue weighted by Crippen LogP contribution is 2.26. The zero-order valence-electron chi connectivity index (χ0n) is 11.3. The van der Waals surface area contributed by atoms with Gasteiger partial charge < -0.3 is 10.5 Å². The molecule has 2 atom stereocenters. The molecule has 0 amide bonds. The molecule has 96 valence electrons. The van der Waals surface area contributed by atoms with Crippen molar-refractivity contribution in [2.45, 2.75) is 51.6 Å². The predicted molar refractivity (Wildman–Crippen MR) is 68.5 cm³/mol. The van der Waals surface area contributed by atoms with Crippen LogP contribution in [0.4, 0.5) is 0 Å². The van der Waals surface area contributed by atoms with E-state index < -0.39 is 0 Å². The maximum absolute atomic E-state index is 5.98. The topological polar surface area (TPSA) is 38.5 Å². The quantitative estimate of drug-likeness (QED) is 0.754. The number of ether oxygens (including phenoxy) is 1. The average Bonchev–Trinajstić information content (AvgIpc) is 2.78. The van der Waals surface area contributed by atoms with E-state index in [1.807, 2.05) is 0 Å². The monoisotopic (exact) mass is 228 g/mol. The van der Waals surface area contributed by atoms with Crippen LogP contribution >= 0.6 is 0 Å². The fourth-order valence-corrected chi connectivity index (χ4v) is 2.29. The summed E-state index contributed by atoms with van der Waals surface area (Å²) in [4.78, 5) is 2.45. The third-order valence-corrected chi connectivity index (χ3v) is 4.00. The van der Waals surface area contributed by atoms with Crippen molar-refractivity contribution in [3.8, 4) is 0 Å². The molecule has 0 aromatic carbocycles. The lowest BCUT2D eigenvalue weighted by Gasteiger charge is -2.42. The molecule has 0 aromatic heterocycles. The lowest BCUT2D eigenvalue weighted by molar-refractivity contribution is 0.0681. The second kappa shape index (κ2) is 5.99. The number of hydrogen-bond donors (Lipinski definition) is 1. The van der Waals surface area contributed by atoms with Gasteiger partial charge in [0.2, 0.25) is 0 Å². The van der Waals surface area contributed by atoms with Crippen LogP contribution in [-0.2, 0) is 4.74 Å². The Kier molecular flexibility index (Phi) is 5.22. The molecule has 0 bridgehead atoms. The Morgan fingerprint density at radius 1 is 1.50 bits per heavy atom. The largest absolute Gasteiger partial charge is 0.380 e. The summed E-state index contributed by atoms with van der Waals surface area (Å²) in [6, 6.07) is 0.556. The number of rotatable bonds is 6. The summed E-state index contributed by atoms with van der Waals surface area (Å²) < 4.78 is 5.46. The van der Waals surface area contributed by atoms with Crippen molar-refractivity contribution in [3.05, 3.63) is 0 Å². The SMILES string of the molecule is CC(C)CCC(C)(CN)N(C)C1CCOC1. The van der Waals surface area contributed by atoms with E-state index in [-0.39, 0.29) is 5.54 Å². The maximum Gasteiger partial charge on any atom is 0.0622 e. The zero-order valence-corrected chi connectivity index (χ0v) is 11.3. The third-order valence-electron chi connectivity index (χ3n) is 4.00. The van der Waals surface area contributed by atoms with E-state index in [1.54, 1.807) is 0 Å². The molecule has 2 N–H and O–H groups in total. The summed E-state index contributed by atoms with van der Waals surface area (Å²) in [6.45, 7) is 9.33. The minimum absolute atomic E-state index is 0.128. The molecule has 0 spiro atoms. The van der Waals surface area contributed by atoms with Gasteiger partial charge >= 0.3 is 0 Å². The van der Waals surface area contributed by atoms with Crippen LogP contribution in [0, 0.1) is 5.92 Å². The van der Waals surface area contributed by atoms with E-state index in [2.05, 4.69) is 32.7 Å². The summed E-state index contributed by atoms with van der Waals surface area (Å²) in [5.41, 5.74) is 6.11. The predicted octanol–water partition coefficient (Wildman–Crippen LogP) is 1.86. The van der Waals surface area contributed by atoms with E-state index in [0.29, 0.717) is 6.04 Å². The van der Waals surface area contributed by atoms with Crippen LogP contribution in [0.1, 0.15) is 40.0 Å². The van der Waals surface area contributed by atoms with Crippen LogP contribution < -0.4 is 5.73 Å². The van der Waals surface area contributed by atoms with Crippen molar-refractivity contribution >= 4 is 0 Å². The van der Waals surface area contributed by atoms with Crippen molar-refractivity contribution < 1.29 is 4.74 Å². The molecule has 0 aromatic rings. The molecule has 1 aliphatic rings. The van der Waals surface area contributed by atoms with Crippen molar-refractivity contribution in [3.63, 3.8) is 0 Å². The van der Waals surface area contributed by atoms with E-state index in [1.165, 1.54) is 12.8 Å². The molecule has 1 aliphatic heterocycles. The molecule has 2 unspecified atom stereocenters. The molecule has 1 saturated heterocycles. The molecule has 0 aliphatic carbocycles. The Bertz CT molecular complexity index is 202. The van der Waals surface area contributed by atoms with Crippen molar-refractivity contribution in [2.24, 2.45) is 11.7 Å². The fraction of sp³-hybridized carbons (Fsp3) is 1.00. The lowest BCUT2D eigenvalue weighted by Crippen LogP contribution is -2.54. The lowest BCUT2D eigenvalue weighted by atomic mass is 9.89. The Morgan fingerprint density at radius 3 is 2.62 bits per heavy atom. The Morgan fingerprint density at radius 2 is 2.19 bits per heavy atom. The standard InChI is InChI=1S/C13H28N2O/c1-11(2)5-7-13(3,10-14)15(4)12-6-8-16-9-12/h11-12H,5-10,14H2,1-4H3. The first-order chi connectivity index (χ1) is 7.49. The number of hydrogen-bond acceptors (Lipinski definition) is 3. The molecular formula is C13H28N2O. The molecule has 1 heterocycles. The minimum Gasteiger partial charge on any atom is -0.380 e. The highest BCUT2D eigenvalue weighted by atomic mass is 16.5. The summed E-state index contributed by atoms with van der Waals surface area (Å²) in [5.74, 6) is 0.749. The van der Waals surface area contributed by atoms with Gasteiger partial charge in [0.25, 0.3) is 0 Å². The van der Waals surface area contributed by atoms with Gasteiger partial charge in [0.15, 0.2) is 0 Å². The first-order valence-electron chi connectivity index (χ1n) is 6.50. The van der Waals surface area contributed by atoms with E-state index >= 15 is 0 Å². The molecule has 0 radical (unpaired) electrons. The van der Waals surface area contributed by atoms with Crippen LogP contribution in [0.5, 0.6) is 0 Å². The van der Waals surface area contributed by atoms with Gasteiger partial charge in [-0.1, -0.05) is 13.8 Å². The summed E-state index contributed by atoms with van der Waals surface area (Å²) in [5, 5.41) is 0. The molecule has 3 nitrogen and oxygen atoms in total. The van der Waals surface area contributed by atoms with Gasteiger partial charge in [0, 0.05) is 24.7 Å². The second-order valence-corrected chi connectivity index (χ2v) is 5.76. The average molecular weight is 228 g/mol. The summed E-state index contributed by atoms with van der Waals surface area (Å²) in [7, 11) is 2.20. The molecule has 0 saturated carbocycles.